The zero-order valence-electron chi connectivity index (χ0n) is 13.1. The molecular weight excluding hydrogens is 363 g/mol. The molecule has 0 aliphatic carbocycles. The van der Waals surface area contributed by atoms with Crippen molar-refractivity contribution in [2.45, 2.75) is 38.0 Å². The molecule has 0 aromatic heterocycles. The minimum atomic E-state index is -5.69. The molecule has 0 spiro atoms. The Labute approximate surface area is 140 Å². The first-order valence-electron chi connectivity index (χ1n) is 6.49. The monoisotopic (exact) mass is 380 g/mol. The van der Waals surface area contributed by atoms with E-state index in [0.717, 1.165) is 6.92 Å². The van der Waals surface area contributed by atoms with Gasteiger partial charge < -0.3 is 14.2 Å². The van der Waals surface area contributed by atoms with Crippen molar-refractivity contribution >= 4 is 24.6 Å². The number of alkyl halides is 5. The van der Waals surface area contributed by atoms with Crippen LogP contribution in [-0.2, 0) is 23.8 Å². The lowest BCUT2D eigenvalue weighted by Gasteiger charge is -2.33. The maximum Gasteiger partial charge on any atom is 0.468 e. The third-order valence-corrected chi connectivity index (χ3v) is 2.35. The second-order valence-corrected chi connectivity index (χ2v) is 5.89. The molecule has 0 amide bonds. The largest absolute Gasteiger partial charge is 0.468 e. The number of rotatable bonds is 8. The normalized spacial score (nSPS) is 14.9. The van der Waals surface area contributed by atoms with Crippen LogP contribution in [0.3, 0.4) is 0 Å². The SMILES string of the molecule is C=C(C)C(=O)OC(OCC(F)(F)S)(C(=O)OCC(C)C)C(F)(F)F. The first-order valence-corrected chi connectivity index (χ1v) is 6.94. The summed E-state index contributed by atoms with van der Waals surface area (Å²) < 4.78 is 78.0. The standard InChI is InChI=1S/C13H17F5O5S/c1-7(2)5-21-10(20)12(13(16,17)18,22-6-11(14,15)24)23-9(19)8(3)4/h7,24H,3,5-6H2,1-2,4H3. The van der Waals surface area contributed by atoms with Gasteiger partial charge in [0.25, 0.3) is 0 Å². The molecule has 140 valence electrons. The number of ether oxygens (including phenoxy) is 3. The molecule has 0 saturated heterocycles. The average molecular weight is 380 g/mol. The van der Waals surface area contributed by atoms with E-state index in [1.54, 1.807) is 0 Å². The van der Waals surface area contributed by atoms with E-state index in [1.807, 2.05) is 0 Å². The Bertz CT molecular complexity index is 486. The summed E-state index contributed by atoms with van der Waals surface area (Å²) in [6, 6.07) is 0. The molecule has 0 N–H and O–H groups in total. The first-order chi connectivity index (χ1) is 10.6. The molecule has 0 rings (SSSR count). The van der Waals surface area contributed by atoms with Crippen molar-refractivity contribution < 1.29 is 45.8 Å². The summed E-state index contributed by atoms with van der Waals surface area (Å²) in [6.45, 7) is 4.64. The molecular formula is C13H17F5O5S. The highest BCUT2D eigenvalue weighted by Crippen LogP contribution is 2.38. The van der Waals surface area contributed by atoms with Crippen LogP contribution in [0.4, 0.5) is 22.0 Å². The molecule has 11 heteroatoms. The van der Waals surface area contributed by atoms with Gasteiger partial charge in [-0.1, -0.05) is 20.4 Å². The van der Waals surface area contributed by atoms with Crippen molar-refractivity contribution in [3.63, 3.8) is 0 Å². The van der Waals surface area contributed by atoms with Crippen LogP contribution in [0.1, 0.15) is 20.8 Å². The second-order valence-electron chi connectivity index (χ2n) is 5.23. The van der Waals surface area contributed by atoms with E-state index < -0.39 is 47.9 Å². The van der Waals surface area contributed by atoms with E-state index in [-0.39, 0.29) is 5.92 Å². The summed E-state index contributed by atoms with van der Waals surface area (Å²) >= 11 is 2.71. The van der Waals surface area contributed by atoms with Crippen LogP contribution in [0, 0.1) is 5.92 Å². The van der Waals surface area contributed by atoms with Crippen LogP contribution < -0.4 is 0 Å². The first kappa shape index (κ1) is 22.6. The van der Waals surface area contributed by atoms with Crippen LogP contribution in [0.5, 0.6) is 0 Å². The number of carbonyl (C=O) groups is 2. The molecule has 0 aliphatic heterocycles. The van der Waals surface area contributed by atoms with Gasteiger partial charge in [-0.25, -0.2) is 9.59 Å². The molecule has 0 bridgehead atoms. The maximum atomic E-state index is 13.3. The maximum absolute atomic E-state index is 13.3. The average Bonchev–Trinajstić information content (AvgIpc) is 2.37. The van der Waals surface area contributed by atoms with Gasteiger partial charge in [0.1, 0.15) is 6.61 Å². The predicted molar refractivity (Wildman–Crippen MR) is 75.4 cm³/mol. The molecule has 0 saturated carbocycles. The summed E-state index contributed by atoms with van der Waals surface area (Å²) in [5.74, 6) is -8.58. The van der Waals surface area contributed by atoms with E-state index in [2.05, 4.69) is 33.4 Å². The van der Waals surface area contributed by atoms with Crippen LogP contribution >= 0.6 is 12.6 Å². The molecule has 0 aliphatic rings. The fourth-order valence-corrected chi connectivity index (χ4v) is 1.19. The molecule has 0 heterocycles. The zero-order valence-corrected chi connectivity index (χ0v) is 14.0. The van der Waals surface area contributed by atoms with Crippen LogP contribution in [-0.4, -0.2) is 42.4 Å². The molecule has 0 aromatic rings. The quantitative estimate of drug-likeness (QED) is 0.231. The van der Waals surface area contributed by atoms with E-state index >= 15 is 0 Å². The summed E-state index contributed by atoms with van der Waals surface area (Å²) in [7, 11) is 0. The molecule has 0 fully saturated rings. The zero-order chi connectivity index (χ0) is 19.3. The van der Waals surface area contributed by atoms with Crippen LogP contribution in [0.15, 0.2) is 12.2 Å². The lowest BCUT2D eigenvalue weighted by molar-refractivity contribution is -0.359. The summed E-state index contributed by atoms with van der Waals surface area (Å²) in [4.78, 5) is 23.3. The van der Waals surface area contributed by atoms with Crippen molar-refractivity contribution in [2.75, 3.05) is 13.2 Å². The number of carbonyl (C=O) groups excluding carboxylic acids is 2. The minimum Gasteiger partial charge on any atom is -0.460 e. The number of hydrogen-bond acceptors (Lipinski definition) is 6. The third-order valence-electron chi connectivity index (χ3n) is 2.22. The Morgan fingerprint density at radius 2 is 1.67 bits per heavy atom. The Kier molecular flexibility index (Phi) is 7.68. The molecule has 0 aromatic carbocycles. The molecule has 1 atom stereocenters. The van der Waals surface area contributed by atoms with Gasteiger partial charge in [0.15, 0.2) is 0 Å². The Morgan fingerprint density at radius 3 is 2.00 bits per heavy atom. The number of thiol groups is 1. The third kappa shape index (κ3) is 6.63. The smallest absolute Gasteiger partial charge is 0.460 e. The van der Waals surface area contributed by atoms with Crippen LogP contribution in [0.25, 0.3) is 0 Å². The van der Waals surface area contributed by atoms with Gasteiger partial charge in [0.05, 0.1) is 6.61 Å². The van der Waals surface area contributed by atoms with Crippen molar-refractivity contribution in [1.82, 2.24) is 0 Å². The highest BCUT2D eigenvalue weighted by Gasteiger charge is 2.68. The topological polar surface area (TPSA) is 61.8 Å². The van der Waals surface area contributed by atoms with Gasteiger partial charge >= 0.3 is 29.2 Å². The summed E-state index contributed by atoms with van der Waals surface area (Å²) in [5.41, 5.74) is -0.512. The van der Waals surface area contributed by atoms with Crippen molar-refractivity contribution in [3.8, 4) is 0 Å². The predicted octanol–water partition coefficient (Wildman–Crippen LogP) is 3.10. The van der Waals surface area contributed by atoms with Gasteiger partial charge in [0, 0.05) is 5.57 Å². The Balaban J connectivity index is 5.80. The number of esters is 2. The summed E-state index contributed by atoms with van der Waals surface area (Å²) in [5, 5.41) is -4.02. The van der Waals surface area contributed by atoms with E-state index in [1.165, 1.54) is 13.8 Å². The van der Waals surface area contributed by atoms with Crippen molar-refractivity contribution in [3.05, 3.63) is 12.2 Å². The van der Waals surface area contributed by atoms with Gasteiger partial charge in [-0.05, 0) is 12.8 Å². The van der Waals surface area contributed by atoms with Gasteiger partial charge in [0.2, 0.25) is 0 Å². The van der Waals surface area contributed by atoms with Gasteiger partial charge in [-0.15, -0.1) is 12.6 Å². The molecule has 1 unspecified atom stereocenters. The summed E-state index contributed by atoms with van der Waals surface area (Å²) in [6.07, 6.45) is -5.69. The number of halogens is 5. The second kappa shape index (κ2) is 8.15. The lowest BCUT2D eigenvalue weighted by Crippen LogP contribution is -2.59. The van der Waals surface area contributed by atoms with E-state index in [9.17, 15) is 31.5 Å². The van der Waals surface area contributed by atoms with Crippen molar-refractivity contribution in [1.29, 1.82) is 0 Å². The van der Waals surface area contributed by atoms with Gasteiger partial charge in [-0.3, -0.25) is 0 Å². The van der Waals surface area contributed by atoms with Crippen molar-refractivity contribution in [2.24, 2.45) is 5.92 Å². The fraction of sp³-hybridized carbons (Fsp3) is 0.692. The van der Waals surface area contributed by atoms with Crippen LogP contribution in [0.2, 0.25) is 0 Å². The van der Waals surface area contributed by atoms with E-state index in [4.69, 9.17) is 0 Å². The minimum absolute atomic E-state index is 0.372. The highest BCUT2D eigenvalue weighted by atomic mass is 32.1. The fourth-order valence-electron chi connectivity index (χ4n) is 1.13. The molecule has 5 nitrogen and oxygen atoms in total. The van der Waals surface area contributed by atoms with E-state index in [0.29, 0.717) is 0 Å². The Hall–Kier alpha value is -1.36. The van der Waals surface area contributed by atoms with Gasteiger partial charge in [-0.2, -0.15) is 22.0 Å². The highest BCUT2D eigenvalue weighted by molar-refractivity contribution is 7.81. The number of hydrogen-bond donors (Lipinski definition) is 1. The lowest BCUT2D eigenvalue weighted by atomic mass is 10.2. The Morgan fingerprint density at radius 1 is 1.17 bits per heavy atom. The molecule has 0 radical (unpaired) electrons. The molecule has 24 heavy (non-hydrogen) atoms.